The molecule has 0 saturated carbocycles. The summed E-state index contributed by atoms with van der Waals surface area (Å²) in [6, 6.07) is 5.71. The second-order valence-corrected chi connectivity index (χ2v) is 5.25. The zero-order chi connectivity index (χ0) is 13.7. The molecule has 3 nitrogen and oxygen atoms in total. The van der Waals surface area contributed by atoms with Crippen molar-refractivity contribution in [3.05, 3.63) is 23.8 Å². The lowest BCUT2D eigenvalue weighted by atomic mass is 10.0. The number of unbranched alkanes of at least 4 members (excludes halogenated alkanes) is 1. The van der Waals surface area contributed by atoms with E-state index in [-0.39, 0.29) is 0 Å². The molecule has 0 aliphatic carbocycles. The van der Waals surface area contributed by atoms with E-state index in [1.54, 1.807) is 0 Å². The molecular weight excluding hydrogens is 240 g/mol. The van der Waals surface area contributed by atoms with Gasteiger partial charge in [0.2, 0.25) is 0 Å². The van der Waals surface area contributed by atoms with E-state index < -0.39 is 6.10 Å². The molecule has 1 aromatic rings. The smallest absolute Gasteiger partial charge is 0.129 e. The second-order valence-electron chi connectivity index (χ2n) is 5.25. The molecule has 0 spiro atoms. The number of hydrogen-bond acceptors (Lipinski definition) is 3. The minimum atomic E-state index is -0.489. The Hall–Kier alpha value is -1.22. The van der Waals surface area contributed by atoms with E-state index in [0.29, 0.717) is 12.5 Å². The molecule has 1 aromatic carbocycles. The van der Waals surface area contributed by atoms with Crippen LogP contribution in [0.1, 0.15) is 51.2 Å². The molecule has 106 valence electrons. The van der Waals surface area contributed by atoms with E-state index in [0.717, 1.165) is 30.1 Å². The van der Waals surface area contributed by atoms with Crippen molar-refractivity contribution in [2.24, 2.45) is 5.92 Å². The molecule has 0 bridgehead atoms. The Bertz CT molecular complexity index is 403. The van der Waals surface area contributed by atoms with Crippen LogP contribution in [0.3, 0.4) is 0 Å². The lowest BCUT2D eigenvalue weighted by Gasteiger charge is -2.16. The van der Waals surface area contributed by atoms with Gasteiger partial charge in [0.05, 0.1) is 6.61 Å². The molecule has 0 radical (unpaired) electrons. The van der Waals surface area contributed by atoms with Gasteiger partial charge in [0, 0.05) is 11.6 Å². The zero-order valence-electron chi connectivity index (χ0n) is 11.9. The quantitative estimate of drug-likeness (QED) is 0.816. The third-order valence-corrected chi connectivity index (χ3v) is 3.77. The molecule has 0 fully saturated rings. The van der Waals surface area contributed by atoms with Gasteiger partial charge in [-0.1, -0.05) is 33.1 Å². The Labute approximate surface area is 115 Å². The van der Waals surface area contributed by atoms with Gasteiger partial charge >= 0.3 is 0 Å². The van der Waals surface area contributed by atoms with Crippen molar-refractivity contribution in [1.82, 2.24) is 0 Å². The fraction of sp³-hybridized carbons (Fsp3) is 0.625. The van der Waals surface area contributed by atoms with Crippen molar-refractivity contribution in [2.45, 2.75) is 45.6 Å². The van der Waals surface area contributed by atoms with E-state index in [4.69, 9.17) is 9.47 Å². The van der Waals surface area contributed by atoms with E-state index in [2.05, 4.69) is 13.8 Å². The molecule has 19 heavy (non-hydrogen) atoms. The van der Waals surface area contributed by atoms with Gasteiger partial charge in [-0.25, -0.2) is 0 Å². The van der Waals surface area contributed by atoms with Gasteiger partial charge in [-0.05, 0) is 24.5 Å². The number of benzene rings is 1. The molecule has 2 unspecified atom stereocenters. The minimum Gasteiger partial charge on any atom is -0.493 e. The first kappa shape index (κ1) is 14.2. The van der Waals surface area contributed by atoms with Gasteiger partial charge in [0.15, 0.2) is 0 Å². The Morgan fingerprint density at radius 1 is 1.42 bits per heavy atom. The van der Waals surface area contributed by atoms with Crippen molar-refractivity contribution in [1.29, 1.82) is 0 Å². The highest BCUT2D eigenvalue weighted by Gasteiger charge is 2.22. The van der Waals surface area contributed by atoms with Gasteiger partial charge in [-0.2, -0.15) is 0 Å². The van der Waals surface area contributed by atoms with Gasteiger partial charge in [0.1, 0.15) is 24.2 Å². The molecule has 0 aromatic heterocycles. The van der Waals surface area contributed by atoms with Crippen LogP contribution in [0.25, 0.3) is 0 Å². The Kier molecular flexibility index (Phi) is 5.08. The number of hydrogen-bond donors (Lipinski definition) is 1. The summed E-state index contributed by atoms with van der Waals surface area (Å²) < 4.78 is 11.3. The Balaban J connectivity index is 1.89. The van der Waals surface area contributed by atoms with Crippen molar-refractivity contribution in [3.63, 3.8) is 0 Å². The largest absolute Gasteiger partial charge is 0.493 e. The number of ether oxygens (including phenoxy) is 2. The van der Waals surface area contributed by atoms with Crippen LogP contribution in [-0.2, 0) is 0 Å². The maximum absolute atomic E-state index is 9.66. The van der Waals surface area contributed by atoms with Crippen molar-refractivity contribution < 1.29 is 14.6 Å². The normalized spacial score (nSPS) is 18.8. The molecule has 0 amide bonds. The van der Waals surface area contributed by atoms with Crippen molar-refractivity contribution >= 4 is 0 Å². The van der Waals surface area contributed by atoms with Crippen molar-refractivity contribution in [2.75, 3.05) is 13.2 Å². The highest BCUT2D eigenvalue weighted by atomic mass is 16.5. The monoisotopic (exact) mass is 264 g/mol. The average Bonchev–Trinajstić information content (AvgIpc) is 2.80. The maximum Gasteiger partial charge on any atom is 0.129 e. The molecular formula is C16H24O3. The molecule has 3 heteroatoms. The number of aliphatic hydroxyl groups excluding tert-OH is 1. The molecule has 2 rings (SSSR count). The van der Waals surface area contributed by atoms with Crippen LogP contribution in [0.15, 0.2) is 18.2 Å². The summed E-state index contributed by atoms with van der Waals surface area (Å²) in [5.41, 5.74) is 0.866. The molecule has 0 saturated heterocycles. The number of aliphatic hydroxyl groups is 1. The highest BCUT2D eigenvalue weighted by molar-refractivity contribution is 5.44. The van der Waals surface area contributed by atoms with Crippen LogP contribution in [-0.4, -0.2) is 18.3 Å². The van der Waals surface area contributed by atoms with Crippen LogP contribution < -0.4 is 9.47 Å². The molecule has 2 atom stereocenters. The highest BCUT2D eigenvalue weighted by Crippen LogP contribution is 2.35. The van der Waals surface area contributed by atoms with Crippen LogP contribution in [0.5, 0.6) is 11.5 Å². The van der Waals surface area contributed by atoms with E-state index in [1.165, 1.54) is 19.3 Å². The SMILES string of the molecule is CCCCC(CC)COc1ccc2c(c1)OCC2O. The topological polar surface area (TPSA) is 38.7 Å². The second kappa shape index (κ2) is 6.80. The van der Waals surface area contributed by atoms with E-state index in [9.17, 15) is 5.11 Å². The predicted octanol–water partition coefficient (Wildman–Crippen LogP) is 3.71. The molecule has 1 heterocycles. The van der Waals surface area contributed by atoms with E-state index in [1.807, 2.05) is 18.2 Å². The number of rotatable bonds is 7. The van der Waals surface area contributed by atoms with Gasteiger partial charge in [-0.3, -0.25) is 0 Å². The van der Waals surface area contributed by atoms with Gasteiger partial charge < -0.3 is 14.6 Å². The fourth-order valence-electron chi connectivity index (χ4n) is 2.38. The summed E-state index contributed by atoms with van der Waals surface area (Å²) in [7, 11) is 0. The van der Waals surface area contributed by atoms with Gasteiger partial charge in [-0.15, -0.1) is 0 Å². The van der Waals surface area contributed by atoms with Crippen molar-refractivity contribution in [3.8, 4) is 11.5 Å². The zero-order valence-corrected chi connectivity index (χ0v) is 11.9. The summed E-state index contributed by atoms with van der Waals surface area (Å²) in [5, 5.41) is 9.66. The van der Waals surface area contributed by atoms with E-state index >= 15 is 0 Å². The van der Waals surface area contributed by atoms with Crippen LogP contribution in [0.4, 0.5) is 0 Å². The van der Waals surface area contributed by atoms with Crippen LogP contribution >= 0.6 is 0 Å². The molecule has 1 aliphatic heterocycles. The first-order chi connectivity index (χ1) is 9.24. The first-order valence-electron chi connectivity index (χ1n) is 7.32. The Morgan fingerprint density at radius 3 is 3.00 bits per heavy atom. The fourth-order valence-corrected chi connectivity index (χ4v) is 2.38. The van der Waals surface area contributed by atoms with Crippen LogP contribution in [0.2, 0.25) is 0 Å². The Morgan fingerprint density at radius 2 is 2.26 bits per heavy atom. The maximum atomic E-state index is 9.66. The minimum absolute atomic E-state index is 0.354. The third kappa shape index (κ3) is 3.63. The summed E-state index contributed by atoms with van der Waals surface area (Å²) in [5.74, 6) is 2.22. The van der Waals surface area contributed by atoms with Crippen LogP contribution in [0, 0.1) is 5.92 Å². The summed E-state index contributed by atoms with van der Waals surface area (Å²) in [6.07, 6.45) is 4.40. The number of fused-ring (bicyclic) bond motifs is 1. The summed E-state index contributed by atoms with van der Waals surface area (Å²) in [4.78, 5) is 0. The summed E-state index contributed by atoms with van der Waals surface area (Å²) in [6.45, 7) is 5.55. The summed E-state index contributed by atoms with van der Waals surface area (Å²) >= 11 is 0. The molecule has 1 aliphatic rings. The average molecular weight is 264 g/mol. The predicted molar refractivity (Wildman–Crippen MR) is 75.7 cm³/mol. The lowest BCUT2D eigenvalue weighted by molar-refractivity contribution is 0.140. The third-order valence-electron chi connectivity index (χ3n) is 3.77. The lowest BCUT2D eigenvalue weighted by Crippen LogP contribution is -2.11. The molecule has 1 N–H and O–H groups in total. The first-order valence-corrected chi connectivity index (χ1v) is 7.32. The standard InChI is InChI=1S/C16H24O3/c1-3-5-6-12(4-2)10-18-13-7-8-14-15(17)11-19-16(14)9-13/h7-9,12,15,17H,3-6,10-11H2,1-2H3. The van der Waals surface area contributed by atoms with Gasteiger partial charge in [0.25, 0.3) is 0 Å².